The standard InChI is InChI=1S/C15H19BrN4/c1-3-4-18-14(15-10-19-11(2)7-20-15)6-12-5-13(16)9-17-8-12/h5,7-10,14,18H,3-4,6H2,1-2H3. The third kappa shape index (κ3) is 4.35. The monoisotopic (exact) mass is 334 g/mol. The van der Waals surface area contributed by atoms with Crippen LogP contribution in [0.2, 0.25) is 0 Å². The van der Waals surface area contributed by atoms with Crippen LogP contribution in [0.15, 0.2) is 35.3 Å². The van der Waals surface area contributed by atoms with Crippen molar-refractivity contribution in [2.75, 3.05) is 6.54 Å². The molecule has 2 aromatic heterocycles. The number of rotatable bonds is 6. The Morgan fingerprint density at radius 3 is 2.70 bits per heavy atom. The van der Waals surface area contributed by atoms with Gasteiger partial charge in [0.25, 0.3) is 0 Å². The molecule has 0 aromatic carbocycles. The number of hydrogen-bond acceptors (Lipinski definition) is 4. The van der Waals surface area contributed by atoms with Gasteiger partial charge in [0.15, 0.2) is 0 Å². The third-order valence-corrected chi connectivity index (χ3v) is 3.43. The van der Waals surface area contributed by atoms with Crippen LogP contribution >= 0.6 is 15.9 Å². The van der Waals surface area contributed by atoms with Crippen molar-refractivity contribution in [3.8, 4) is 0 Å². The van der Waals surface area contributed by atoms with Crippen LogP contribution < -0.4 is 5.32 Å². The van der Waals surface area contributed by atoms with E-state index in [0.717, 1.165) is 35.2 Å². The van der Waals surface area contributed by atoms with E-state index in [1.807, 2.05) is 25.5 Å². The molecule has 4 nitrogen and oxygen atoms in total. The molecule has 1 atom stereocenters. The predicted octanol–water partition coefficient (Wildman–Crippen LogP) is 3.23. The number of hydrogen-bond donors (Lipinski definition) is 1. The van der Waals surface area contributed by atoms with E-state index in [1.54, 1.807) is 6.20 Å². The number of halogens is 1. The molecule has 0 aliphatic carbocycles. The number of nitrogens with zero attached hydrogens (tertiary/aromatic N) is 3. The molecule has 2 aromatic rings. The molecule has 2 heterocycles. The van der Waals surface area contributed by atoms with Crippen molar-refractivity contribution in [3.63, 3.8) is 0 Å². The summed E-state index contributed by atoms with van der Waals surface area (Å²) in [7, 11) is 0. The van der Waals surface area contributed by atoms with Gasteiger partial charge in [-0.15, -0.1) is 0 Å². The number of aromatic nitrogens is 3. The van der Waals surface area contributed by atoms with E-state index in [1.165, 1.54) is 5.56 Å². The lowest BCUT2D eigenvalue weighted by atomic mass is 10.0. The van der Waals surface area contributed by atoms with Gasteiger partial charge in [0.2, 0.25) is 0 Å². The maximum Gasteiger partial charge on any atom is 0.0759 e. The zero-order valence-corrected chi connectivity index (χ0v) is 13.4. The first-order valence-corrected chi connectivity index (χ1v) is 7.59. The van der Waals surface area contributed by atoms with Crippen LogP contribution in [0.3, 0.4) is 0 Å². The molecule has 0 bridgehead atoms. The summed E-state index contributed by atoms with van der Waals surface area (Å²) in [6.45, 7) is 5.07. The maximum atomic E-state index is 4.49. The van der Waals surface area contributed by atoms with Crippen molar-refractivity contribution in [2.24, 2.45) is 0 Å². The van der Waals surface area contributed by atoms with Gasteiger partial charge >= 0.3 is 0 Å². The van der Waals surface area contributed by atoms with Crippen molar-refractivity contribution in [1.82, 2.24) is 20.3 Å². The average molecular weight is 335 g/mol. The summed E-state index contributed by atoms with van der Waals surface area (Å²) in [6, 6.07) is 2.26. The van der Waals surface area contributed by atoms with E-state index in [2.05, 4.69) is 49.2 Å². The Labute approximate surface area is 128 Å². The molecule has 20 heavy (non-hydrogen) atoms. The second-order valence-corrected chi connectivity index (χ2v) is 5.72. The quantitative estimate of drug-likeness (QED) is 0.881. The minimum absolute atomic E-state index is 0.166. The van der Waals surface area contributed by atoms with E-state index in [4.69, 9.17) is 0 Å². The van der Waals surface area contributed by atoms with Crippen LogP contribution in [-0.2, 0) is 6.42 Å². The SMILES string of the molecule is CCCNC(Cc1cncc(Br)c1)c1cnc(C)cn1. The van der Waals surface area contributed by atoms with Crippen LogP contribution in [0.4, 0.5) is 0 Å². The minimum Gasteiger partial charge on any atom is -0.308 e. The molecule has 0 radical (unpaired) electrons. The fourth-order valence-corrected chi connectivity index (χ4v) is 2.40. The highest BCUT2D eigenvalue weighted by Crippen LogP contribution is 2.18. The van der Waals surface area contributed by atoms with Crippen LogP contribution in [0, 0.1) is 6.92 Å². The molecule has 5 heteroatoms. The van der Waals surface area contributed by atoms with Crippen LogP contribution in [-0.4, -0.2) is 21.5 Å². The van der Waals surface area contributed by atoms with Gasteiger partial charge in [-0.05, 0) is 53.9 Å². The largest absolute Gasteiger partial charge is 0.308 e. The van der Waals surface area contributed by atoms with Crippen molar-refractivity contribution in [2.45, 2.75) is 32.7 Å². The smallest absolute Gasteiger partial charge is 0.0759 e. The maximum absolute atomic E-state index is 4.49. The van der Waals surface area contributed by atoms with Gasteiger partial charge in [-0.25, -0.2) is 0 Å². The van der Waals surface area contributed by atoms with Gasteiger partial charge in [-0.3, -0.25) is 15.0 Å². The molecule has 0 saturated carbocycles. The molecule has 1 N–H and O–H groups in total. The van der Waals surface area contributed by atoms with Gasteiger partial charge < -0.3 is 5.32 Å². The van der Waals surface area contributed by atoms with Crippen molar-refractivity contribution >= 4 is 15.9 Å². The highest BCUT2D eigenvalue weighted by Gasteiger charge is 2.13. The van der Waals surface area contributed by atoms with Crippen molar-refractivity contribution < 1.29 is 0 Å². The van der Waals surface area contributed by atoms with E-state index in [0.29, 0.717) is 0 Å². The average Bonchev–Trinajstić information content (AvgIpc) is 2.44. The molecule has 2 rings (SSSR count). The lowest BCUT2D eigenvalue weighted by Crippen LogP contribution is -2.25. The van der Waals surface area contributed by atoms with Crippen LogP contribution in [0.1, 0.15) is 36.3 Å². The normalized spacial score (nSPS) is 12.3. The third-order valence-electron chi connectivity index (χ3n) is 3.00. The first kappa shape index (κ1) is 15.1. The first-order chi connectivity index (χ1) is 9.69. The van der Waals surface area contributed by atoms with E-state index < -0.39 is 0 Å². The molecule has 0 amide bonds. The summed E-state index contributed by atoms with van der Waals surface area (Å²) in [6.07, 6.45) is 9.30. The first-order valence-electron chi connectivity index (χ1n) is 6.80. The lowest BCUT2D eigenvalue weighted by molar-refractivity contribution is 0.515. The zero-order chi connectivity index (χ0) is 14.4. The second kappa shape index (κ2) is 7.45. The van der Waals surface area contributed by atoms with E-state index >= 15 is 0 Å². The highest BCUT2D eigenvalue weighted by atomic mass is 79.9. The molecular formula is C15H19BrN4. The molecule has 1 unspecified atom stereocenters. The van der Waals surface area contributed by atoms with Gasteiger partial charge in [0.05, 0.1) is 23.6 Å². The molecule has 0 aliphatic rings. The van der Waals surface area contributed by atoms with Gasteiger partial charge in [-0.1, -0.05) is 6.92 Å². The molecular weight excluding hydrogens is 316 g/mol. The Morgan fingerprint density at radius 2 is 2.05 bits per heavy atom. The Balaban J connectivity index is 2.16. The molecule has 0 spiro atoms. The fraction of sp³-hybridized carbons (Fsp3) is 0.400. The summed E-state index contributed by atoms with van der Waals surface area (Å²) in [5.41, 5.74) is 3.09. The zero-order valence-electron chi connectivity index (χ0n) is 11.8. The minimum atomic E-state index is 0.166. The fourth-order valence-electron chi connectivity index (χ4n) is 1.99. The Morgan fingerprint density at radius 1 is 1.20 bits per heavy atom. The van der Waals surface area contributed by atoms with Crippen molar-refractivity contribution in [3.05, 3.63) is 52.3 Å². The van der Waals surface area contributed by atoms with Crippen molar-refractivity contribution in [1.29, 1.82) is 0 Å². The van der Waals surface area contributed by atoms with E-state index in [9.17, 15) is 0 Å². The molecule has 0 aliphatic heterocycles. The molecule has 0 saturated heterocycles. The van der Waals surface area contributed by atoms with Gasteiger partial charge in [0, 0.05) is 23.1 Å². The topological polar surface area (TPSA) is 50.7 Å². The lowest BCUT2D eigenvalue weighted by Gasteiger charge is -2.18. The Bertz CT molecular complexity index is 542. The highest BCUT2D eigenvalue weighted by molar-refractivity contribution is 9.10. The number of nitrogens with one attached hydrogen (secondary N) is 1. The number of pyridine rings is 1. The predicted molar refractivity (Wildman–Crippen MR) is 83.4 cm³/mol. The second-order valence-electron chi connectivity index (χ2n) is 4.80. The molecule has 0 fully saturated rings. The summed E-state index contributed by atoms with van der Waals surface area (Å²) in [4.78, 5) is 13.0. The summed E-state index contributed by atoms with van der Waals surface area (Å²) in [5.74, 6) is 0. The number of aryl methyl sites for hydroxylation is 1. The Kier molecular flexibility index (Phi) is 5.61. The summed E-state index contributed by atoms with van der Waals surface area (Å²) in [5, 5.41) is 3.53. The van der Waals surface area contributed by atoms with E-state index in [-0.39, 0.29) is 6.04 Å². The Hall–Kier alpha value is -1.33. The summed E-state index contributed by atoms with van der Waals surface area (Å²) >= 11 is 3.46. The van der Waals surface area contributed by atoms with Gasteiger partial charge in [0.1, 0.15) is 0 Å². The van der Waals surface area contributed by atoms with Gasteiger partial charge in [-0.2, -0.15) is 0 Å². The molecule has 106 valence electrons. The summed E-state index contributed by atoms with van der Waals surface area (Å²) < 4.78 is 0.999. The van der Waals surface area contributed by atoms with Crippen LogP contribution in [0.5, 0.6) is 0 Å². The van der Waals surface area contributed by atoms with Crippen LogP contribution in [0.25, 0.3) is 0 Å².